The van der Waals surface area contributed by atoms with Crippen LogP contribution in [0.1, 0.15) is 46.0 Å². The minimum absolute atomic E-state index is 0.0721. The third-order valence-electron chi connectivity index (χ3n) is 8.23. The molecule has 5 nitrogen and oxygen atoms in total. The molecule has 0 fully saturated rings. The molecule has 5 heteroatoms. The zero-order valence-corrected chi connectivity index (χ0v) is 26.4. The summed E-state index contributed by atoms with van der Waals surface area (Å²) in [4.78, 5) is 14.6. The third kappa shape index (κ3) is 7.32. The van der Waals surface area contributed by atoms with E-state index in [-0.39, 0.29) is 11.9 Å². The number of rotatable bonds is 12. The Hall–Kier alpha value is -5.29. The number of phenols is 1. The number of phenolic OH excluding ortho intramolecular Hbond substituents is 1. The molecule has 0 spiro atoms. The lowest BCUT2D eigenvalue weighted by Gasteiger charge is -2.18. The molecule has 0 bridgehead atoms. The van der Waals surface area contributed by atoms with E-state index in [0.717, 1.165) is 52.6 Å². The molecule has 6 rings (SSSR count). The van der Waals surface area contributed by atoms with Crippen molar-refractivity contribution in [3.05, 3.63) is 127 Å². The van der Waals surface area contributed by atoms with E-state index in [4.69, 9.17) is 19.7 Å². The molecule has 0 radical (unpaired) electrons. The molecule has 0 aliphatic rings. The molecule has 1 heterocycles. The van der Waals surface area contributed by atoms with Gasteiger partial charge < -0.3 is 9.84 Å². The first-order valence-corrected chi connectivity index (χ1v) is 16.2. The van der Waals surface area contributed by atoms with Gasteiger partial charge in [-0.1, -0.05) is 136 Å². The zero-order valence-electron chi connectivity index (χ0n) is 26.4. The van der Waals surface area contributed by atoms with Gasteiger partial charge in [0, 0.05) is 17.2 Å². The smallest absolute Gasteiger partial charge is 0.167 e. The highest BCUT2D eigenvalue weighted by atomic mass is 16.5. The van der Waals surface area contributed by atoms with Crippen LogP contribution >= 0.6 is 0 Å². The second-order valence-corrected chi connectivity index (χ2v) is 11.5. The summed E-state index contributed by atoms with van der Waals surface area (Å²) >= 11 is 0. The van der Waals surface area contributed by atoms with Crippen molar-refractivity contribution in [1.82, 2.24) is 15.0 Å². The first-order valence-electron chi connectivity index (χ1n) is 16.2. The van der Waals surface area contributed by atoms with Gasteiger partial charge in [-0.05, 0) is 53.6 Å². The summed E-state index contributed by atoms with van der Waals surface area (Å²) in [6, 6.07) is 42.4. The zero-order chi connectivity index (χ0) is 31.7. The van der Waals surface area contributed by atoms with E-state index in [2.05, 4.69) is 62.4 Å². The maximum absolute atomic E-state index is 11.2. The molecular weight excluding hydrogens is 566 g/mol. The van der Waals surface area contributed by atoms with Crippen LogP contribution in [0.4, 0.5) is 0 Å². The van der Waals surface area contributed by atoms with E-state index >= 15 is 0 Å². The Labute approximate surface area is 271 Å². The van der Waals surface area contributed by atoms with Gasteiger partial charge in [0.15, 0.2) is 17.5 Å². The molecule has 0 aliphatic heterocycles. The second kappa shape index (κ2) is 14.7. The van der Waals surface area contributed by atoms with Crippen molar-refractivity contribution in [2.24, 2.45) is 0 Å². The predicted molar refractivity (Wildman–Crippen MR) is 188 cm³/mol. The summed E-state index contributed by atoms with van der Waals surface area (Å²) in [5.74, 6) is 2.19. The van der Waals surface area contributed by atoms with Crippen LogP contribution in [0.15, 0.2) is 127 Å². The average Bonchev–Trinajstić information content (AvgIpc) is 3.12. The van der Waals surface area contributed by atoms with Crippen molar-refractivity contribution in [1.29, 1.82) is 0 Å². The summed E-state index contributed by atoms with van der Waals surface area (Å²) in [6.07, 6.45) is 5.53. The second-order valence-electron chi connectivity index (χ2n) is 11.5. The lowest BCUT2D eigenvalue weighted by molar-refractivity contribution is 0.182. The quantitative estimate of drug-likeness (QED) is 0.141. The largest absolute Gasteiger partial charge is 0.507 e. The standard InChI is InChI=1S/C41H39N3O2/c1-3-5-8-17-35(4-2)46-36-26-27-37(38(45)28-36)41-43-39(33-22-18-31(19-23-33)29-13-9-6-10-14-29)42-40(44-41)34-24-20-32(21-25-34)30-15-11-7-12-16-30/h6-7,9-16,18-28,35,45H,3-5,8,17H2,1-2H3. The molecule has 0 saturated heterocycles. The van der Waals surface area contributed by atoms with Gasteiger partial charge in [0.05, 0.1) is 11.7 Å². The van der Waals surface area contributed by atoms with Gasteiger partial charge in [0.1, 0.15) is 11.5 Å². The Balaban J connectivity index is 1.36. The third-order valence-corrected chi connectivity index (χ3v) is 8.23. The van der Waals surface area contributed by atoms with Crippen LogP contribution in [0, 0.1) is 0 Å². The van der Waals surface area contributed by atoms with Crippen molar-refractivity contribution in [3.8, 4) is 67.9 Å². The first kappa shape index (κ1) is 30.7. The van der Waals surface area contributed by atoms with Gasteiger partial charge in [-0.2, -0.15) is 0 Å². The Morgan fingerprint density at radius 1 is 0.543 bits per heavy atom. The highest BCUT2D eigenvalue weighted by Gasteiger charge is 2.17. The molecule has 0 amide bonds. The monoisotopic (exact) mass is 605 g/mol. The van der Waals surface area contributed by atoms with Gasteiger partial charge in [0.2, 0.25) is 0 Å². The molecule has 5 aromatic carbocycles. The summed E-state index contributed by atoms with van der Waals surface area (Å²) in [5, 5.41) is 11.2. The van der Waals surface area contributed by atoms with Gasteiger partial charge in [-0.3, -0.25) is 0 Å². The fourth-order valence-electron chi connectivity index (χ4n) is 5.57. The molecule has 0 saturated carbocycles. The molecule has 6 aromatic rings. The van der Waals surface area contributed by atoms with E-state index in [0.29, 0.717) is 28.8 Å². The normalized spacial score (nSPS) is 11.7. The minimum atomic E-state index is 0.0721. The van der Waals surface area contributed by atoms with Crippen molar-refractivity contribution in [2.45, 2.75) is 52.1 Å². The Bertz CT molecular complexity index is 1750. The Morgan fingerprint density at radius 3 is 1.50 bits per heavy atom. The van der Waals surface area contributed by atoms with Crippen molar-refractivity contribution in [3.63, 3.8) is 0 Å². The topological polar surface area (TPSA) is 68.1 Å². The fraction of sp³-hybridized carbons (Fsp3) is 0.195. The van der Waals surface area contributed by atoms with Gasteiger partial charge >= 0.3 is 0 Å². The number of aromatic nitrogens is 3. The summed E-state index contributed by atoms with van der Waals surface area (Å²) < 4.78 is 6.25. The molecule has 46 heavy (non-hydrogen) atoms. The fourth-order valence-corrected chi connectivity index (χ4v) is 5.57. The van der Waals surface area contributed by atoms with Gasteiger partial charge in [-0.25, -0.2) is 15.0 Å². The maximum atomic E-state index is 11.2. The van der Waals surface area contributed by atoms with Crippen LogP contribution in [-0.2, 0) is 0 Å². The van der Waals surface area contributed by atoms with E-state index in [9.17, 15) is 5.11 Å². The number of benzene rings is 5. The van der Waals surface area contributed by atoms with Crippen LogP contribution in [0.5, 0.6) is 11.5 Å². The number of hydrogen-bond acceptors (Lipinski definition) is 5. The maximum Gasteiger partial charge on any atom is 0.167 e. The van der Waals surface area contributed by atoms with Crippen molar-refractivity contribution in [2.75, 3.05) is 0 Å². The molecule has 1 N–H and O–H groups in total. The molecular formula is C41H39N3O2. The van der Waals surface area contributed by atoms with Crippen LogP contribution in [-0.4, -0.2) is 26.2 Å². The summed E-state index contributed by atoms with van der Waals surface area (Å²) in [5.41, 5.74) is 6.77. The molecule has 1 atom stereocenters. The van der Waals surface area contributed by atoms with Gasteiger partial charge in [-0.15, -0.1) is 0 Å². The van der Waals surface area contributed by atoms with Crippen LogP contribution in [0.2, 0.25) is 0 Å². The predicted octanol–water partition coefficient (Wildman–Crippen LogP) is 10.6. The average molecular weight is 606 g/mol. The summed E-state index contributed by atoms with van der Waals surface area (Å²) in [6.45, 7) is 4.34. The van der Waals surface area contributed by atoms with Crippen molar-refractivity contribution >= 4 is 0 Å². The van der Waals surface area contributed by atoms with Gasteiger partial charge in [0.25, 0.3) is 0 Å². The number of nitrogens with zero attached hydrogens (tertiary/aromatic N) is 3. The number of aromatic hydroxyl groups is 1. The van der Waals surface area contributed by atoms with E-state index < -0.39 is 0 Å². The van der Waals surface area contributed by atoms with Crippen LogP contribution in [0.3, 0.4) is 0 Å². The number of unbranched alkanes of at least 4 members (excludes halogenated alkanes) is 2. The number of hydrogen-bond donors (Lipinski definition) is 1. The molecule has 1 aromatic heterocycles. The summed E-state index contributed by atoms with van der Waals surface area (Å²) in [7, 11) is 0. The Morgan fingerprint density at radius 2 is 1.02 bits per heavy atom. The Kier molecular flexibility index (Phi) is 9.79. The van der Waals surface area contributed by atoms with Crippen molar-refractivity contribution < 1.29 is 9.84 Å². The van der Waals surface area contributed by atoms with E-state index in [1.807, 2.05) is 72.8 Å². The molecule has 230 valence electrons. The molecule has 1 unspecified atom stereocenters. The lowest BCUT2D eigenvalue weighted by Crippen LogP contribution is -2.15. The van der Waals surface area contributed by atoms with Crippen LogP contribution < -0.4 is 4.74 Å². The molecule has 0 aliphatic carbocycles. The minimum Gasteiger partial charge on any atom is -0.507 e. The van der Waals surface area contributed by atoms with E-state index in [1.165, 1.54) is 12.8 Å². The lowest BCUT2D eigenvalue weighted by atomic mass is 10.0. The number of ether oxygens (including phenoxy) is 1. The van der Waals surface area contributed by atoms with E-state index in [1.54, 1.807) is 6.07 Å². The first-order chi connectivity index (χ1) is 22.6. The SMILES string of the molecule is CCCCCC(CC)Oc1ccc(-c2nc(-c3ccc(-c4ccccc4)cc3)nc(-c3ccc(-c4ccccc4)cc3)n2)c(O)c1. The van der Waals surface area contributed by atoms with Crippen LogP contribution in [0.25, 0.3) is 56.4 Å². The highest BCUT2D eigenvalue weighted by Crippen LogP contribution is 2.34. The highest BCUT2D eigenvalue weighted by molar-refractivity contribution is 5.73.